The number of aryl methyl sites for hydroxylation is 1. The Morgan fingerprint density at radius 3 is 2.79 bits per heavy atom. The van der Waals surface area contributed by atoms with Crippen LogP contribution < -0.4 is 5.32 Å². The number of aliphatic hydroxyl groups is 1. The first-order chi connectivity index (χ1) is 11.5. The second-order valence-electron chi connectivity index (χ2n) is 6.85. The number of benzene rings is 1. The summed E-state index contributed by atoms with van der Waals surface area (Å²) in [5, 5.41) is 17.3. The van der Waals surface area contributed by atoms with Crippen molar-refractivity contribution < 1.29 is 9.90 Å². The Morgan fingerprint density at radius 1 is 1.33 bits per heavy atom. The quantitative estimate of drug-likeness (QED) is 0.886. The Labute approximate surface area is 142 Å². The van der Waals surface area contributed by atoms with Gasteiger partial charge in [0.2, 0.25) is 0 Å². The summed E-state index contributed by atoms with van der Waals surface area (Å²) in [6, 6.07) is 8.08. The van der Waals surface area contributed by atoms with E-state index < -0.39 is 6.10 Å². The number of carbonyl (C=O) groups is 1. The summed E-state index contributed by atoms with van der Waals surface area (Å²) in [5.74, 6) is -0.0827. The van der Waals surface area contributed by atoms with E-state index in [4.69, 9.17) is 0 Å². The van der Waals surface area contributed by atoms with Gasteiger partial charge in [-0.25, -0.2) is 4.68 Å². The minimum absolute atomic E-state index is 0.112. The van der Waals surface area contributed by atoms with Gasteiger partial charge in [-0.15, -0.1) is 0 Å². The molecule has 5 nitrogen and oxygen atoms in total. The summed E-state index contributed by atoms with van der Waals surface area (Å²) >= 11 is 0. The number of carbonyl (C=O) groups excluding carboxylic acids is 1. The maximum atomic E-state index is 12.6. The molecular weight excluding hydrogens is 302 g/mol. The molecule has 2 N–H and O–H groups in total. The smallest absolute Gasteiger partial charge is 0.272 e. The molecule has 0 bridgehead atoms. The summed E-state index contributed by atoms with van der Waals surface area (Å²) < 4.78 is 1.92. The minimum atomic E-state index is -0.541. The van der Waals surface area contributed by atoms with Crippen molar-refractivity contribution in [3.05, 3.63) is 46.8 Å². The summed E-state index contributed by atoms with van der Waals surface area (Å²) in [6.07, 6.45) is 2.34. The Morgan fingerprint density at radius 2 is 2.08 bits per heavy atom. The lowest BCUT2D eigenvalue weighted by molar-refractivity contribution is 0.0866. The number of fused-ring (bicyclic) bond motifs is 1. The molecule has 0 saturated heterocycles. The number of aromatic nitrogens is 2. The number of para-hydroxylation sites is 1. The molecule has 2 aromatic rings. The van der Waals surface area contributed by atoms with Gasteiger partial charge in [-0.1, -0.05) is 32.0 Å². The third kappa shape index (κ3) is 3.08. The number of nitrogens with zero attached hydrogens (tertiary/aromatic N) is 2. The van der Waals surface area contributed by atoms with E-state index in [-0.39, 0.29) is 18.4 Å². The van der Waals surface area contributed by atoms with Crippen molar-refractivity contribution in [2.24, 2.45) is 5.92 Å². The summed E-state index contributed by atoms with van der Waals surface area (Å²) in [6.45, 7) is 6.17. The van der Waals surface area contributed by atoms with Gasteiger partial charge >= 0.3 is 0 Å². The lowest BCUT2D eigenvalue weighted by Crippen LogP contribution is -2.35. The molecular formula is C19H25N3O2. The van der Waals surface area contributed by atoms with E-state index in [0.717, 1.165) is 41.8 Å². The van der Waals surface area contributed by atoms with Crippen LogP contribution in [0.5, 0.6) is 0 Å². The lowest BCUT2D eigenvalue weighted by atomic mass is 10.1. The van der Waals surface area contributed by atoms with Gasteiger partial charge in [0.15, 0.2) is 5.69 Å². The molecule has 1 aliphatic rings. The van der Waals surface area contributed by atoms with Crippen molar-refractivity contribution in [2.45, 2.75) is 46.1 Å². The SMILES string of the molecule is Cc1ccccc1-n1nc(C(=O)NCC(O)C(C)C)c2c1CCC2. The van der Waals surface area contributed by atoms with E-state index in [2.05, 4.69) is 23.4 Å². The van der Waals surface area contributed by atoms with Crippen molar-refractivity contribution in [1.82, 2.24) is 15.1 Å². The van der Waals surface area contributed by atoms with Crippen LogP contribution in [-0.2, 0) is 12.8 Å². The maximum Gasteiger partial charge on any atom is 0.272 e. The normalized spacial score (nSPS) is 14.7. The van der Waals surface area contributed by atoms with Crippen LogP contribution in [0.3, 0.4) is 0 Å². The Bertz CT molecular complexity index is 749. The highest BCUT2D eigenvalue weighted by molar-refractivity contribution is 5.94. The van der Waals surface area contributed by atoms with E-state index >= 15 is 0 Å². The first kappa shape index (κ1) is 16.7. The largest absolute Gasteiger partial charge is 0.391 e. The molecule has 0 spiro atoms. The van der Waals surface area contributed by atoms with E-state index in [0.29, 0.717) is 5.69 Å². The predicted molar refractivity (Wildman–Crippen MR) is 93.5 cm³/mol. The van der Waals surface area contributed by atoms with Gasteiger partial charge in [-0.3, -0.25) is 4.79 Å². The average molecular weight is 327 g/mol. The molecule has 0 radical (unpaired) electrons. The van der Waals surface area contributed by atoms with Crippen molar-refractivity contribution in [1.29, 1.82) is 0 Å². The van der Waals surface area contributed by atoms with Gasteiger partial charge in [-0.05, 0) is 43.7 Å². The molecule has 128 valence electrons. The second-order valence-corrected chi connectivity index (χ2v) is 6.85. The molecule has 1 heterocycles. The van der Waals surface area contributed by atoms with Gasteiger partial charge < -0.3 is 10.4 Å². The molecule has 0 fully saturated rings. The van der Waals surface area contributed by atoms with Gasteiger partial charge in [-0.2, -0.15) is 5.10 Å². The molecule has 1 aromatic heterocycles. The van der Waals surface area contributed by atoms with Crippen LogP contribution in [-0.4, -0.2) is 33.4 Å². The van der Waals surface area contributed by atoms with Crippen LogP contribution in [0.2, 0.25) is 0 Å². The summed E-state index contributed by atoms with van der Waals surface area (Å²) in [4.78, 5) is 12.6. The van der Waals surface area contributed by atoms with E-state index in [1.165, 1.54) is 0 Å². The van der Waals surface area contributed by atoms with Gasteiger partial charge in [0.25, 0.3) is 5.91 Å². The highest BCUT2D eigenvalue weighted by Gasteiger charge is 2.27. The zero-order valence-corrected chi connectivity index (χ0v) is 14.5. The maximum absolute atomic E-state index is 12.6. The van der Waals surface area contributed by atoms with Crippen LogP contribution in [0.15, 0.2) is 24.3 Å². The first-order valence-corrected chi connectivity index (χ1v) is 8.62. The Kier molecular flexibility index (Phi) is 4.71. The highest BCUT2D eigenvalue weighted by Crippen LogP contribution is 2.28. The van der Waals surface area contributed by atoms with Crippen LogP contribution in [0.1, 0.15) is 47.6 Å². The van der Waals surface area contributed by atoms with Crippen molar-refractivity contribution >= 4 is 5.91 Å². The third-order valence-corrected chi connectivity index (χ3v) is 4.73. The van der Waals surface area contributed by atoms with Crippen LogP contribution >= 0.6 is 0 Å². The number of aliphatic hydroxyl groups excluding tert-OH is 1. The van der Waals surface area contributed by atoms with Crippen LogP contribution in [0, 0.1) is 12.8 Å². The number of hydrogen-bond donors (Lipinski definition) is 2. The Hall–Kier alpha value is -2.14. The van der Waals surface area contributed by atoms with Gasteiger partial charge in [0, 0.05) is 17.8 Å². The monoisotopic (exact) mass is 327 g/mol. The molecule has 1 aromatic carbocycles. The molecule has 5 heteroatoms. The third-order valence-electron chi connectivity index (χ3n) is 4.73. The zero-order chi connectivity index (χ0) is 17.3. The molecule has 0 aliphatic heterocycles. The fraction of sp³-hybridized carbons (Fsp3) is 0.474. The predicted octanol–water partition coefficient (Wildman–Crippen LogP) is 2.42. The average Bonchev–Trinajstić information content (AvgIpc) is 3.15. The first-order valence-electron chi connectivity index (χ1n) is 8.62. The Balaban J connectivity index is 1.89. The molecule has 1 amide bonds. The lowest BCUT2D eigenvalue weighted by Gasteiger charge is -2.14. The number of amides is 1. The fourth-order valence-electron chi connectivity index (χ4n) is 3.14. The molecule has 0 saturated carbocycles. The van der Waals surface area contributed by atoms with Gasteiger partial charge in [0.1, 0.15) is 0 Å². The molecule has 3 rings (SSSR count). The zero-order valence-electron chi connectivity index (χ0n) is 14.5. The molecule has 1 atom stereocenters. The molecule has 24 heavy (non-hydrogen) atoms. The minimum Gasteiger partial charge on any atom is -0.391 e. The summed E-state index contributed by atoms with van der Waals surface area (Å²) in [7, 11) is 0. The number of nitrogens with one attached hydrogen (secondary N) is 1. The number of rotatable bonds is 5. The van der Waals surface area contributed by atoms with Gasteiger partial charge in [0.05, 0.1) is 11.8 Å². The highest BCUT2D eigenvalue weighted by atomic mass is 16.3. The van der Waals surface area contributed by atoms with E-state index in [9.17, 15) is 9.90 Å². The topological polar surface area (TPSA) is 67.2 Å². The van der Waals surface area contributed by atoms with Crippen LogP contribution in [0.4, 0.5) is 0 Å². The van der Waals surface area contributed by atoms with Crippen LogP contribution in [0.25, 0.3) is 5.69 Å². The van der Waals surface area contributed by atoms with Crippen molar-refractivity contribution in [3.63, 3.8) is 0 Å². The van der Waals surface area contributed by atoms with E-state index in [1.807, 2.05) is 36.7 Å². The summed E-state index contributed by atoms with van der Waals surface area (Å²) in [5.41, 5.74) is 4.85. The molecule has 1 unspecified atom stereocenters. The van der Waals surface area contributed by atoms with Crippen molar-refractivity contribution in [3.8, 4) is 5.69 Å². The second kappa shape index (κ2) is 6.77. The standard InChI is InChI=1S/C19H25N3O2/c1-12(2)17(23)11-20-19(24)18-14-8-6-10-16(14)22(21-18)15-9-5-4-7-13(15)3/h4-5,7,9,12,17,23H,6,8,10-11H2,1-3H3,(H,20,24). The molecule has 1 aliphatic carbocycles. The number of hydrogen-bond acceptors (Lipinski definition) is 3. The van der Waals surface area contributed by atoms with Crippen molar-refractivity contribution in [2.75, 3.05) is 6.54 Å². The fourth-order valence-corrected chi connectivity index (χ4v) is 3.14. The van der Waals surface area contributed by atoms with E-state index in [1.54, 1.807) is 0 Å².